The molecular formula is C38H59N7O14S4. The van der Waals surface area contributed by atoms with E-state index in [9.17, 15) is 40.8 Å². The van der Waals surface area contributed by atoms with Crippen LogP contribution >= 0.6 is 23.1 Å². The smallest absolute Gasteiger partial charge is 0.307 e. The minimum absolute atomic E-state index is 0.0592. The number of carbonyl (C=O) groups is 5. The predicted octanol–water partition coefficient (Wildman–Crippen LogP) is 1.43. The average molecular weight is 966 g/mol. The van der Waals surface area contributed by atoms with Crippen molar-refractivity contribution in [1.82, 2.24) is 28.4 Å². The molecule has 0 unspecified atom stereocenters. The summed E-state index contributed by atoms with van der Waals surface area (Å²) >= 11 is 1.47. The number of nitrogens with one attached hydrogen (secondary N) is 3. The minimum atomic E-state index is -4.67. The number of sulfonamides is 2. The minimum Gasteiger partial charge on any atom is -0.470 e. The van der Waals surface area contributed by atoms with E-state index in [1.807, 2.05) is 37.3 Å². The molecule has 0 saturated carbocycles. The first-order valence-corrected chi connectivity index (χ1v) is 25.0. The summed E-state index contributed by atoms with van der Waals surface area (Å²) in [6.45, 7) is 14.7. The topological polar surface area (TPSA) is 268 Å². The second-order valence-electron chi connectivity index (χ2n) is 16.0. The second kappa shape index (κ2) is 23.0. The number of carbonyl (C=O) groups excluding carboxylic acids is 5. The SMILES string of the molecule is CCN[C@H]1CN(CCCOC)S(=O)(=O)c2sc(S(=O)(=O)NC(=O)[C@@H](C)C(=O)[C@@H](C)C(=O)[C@H](C)OC(=O)CCC(=O)O[C@@H](CNC(C)(C)C)COc3nsnc3N3CCOCC3)cc21. The maximum atomic E-state index is 13.5. The van der Waals surface area contributed by atoms with E-state index in [1.165, 1.54) is 31.3 Å². The zero-order valence-electron chi connectivity index (χ0n) is 36.8. The fraction of sp³-hybridized carbons (Fsp3) is 0.711. The monoisotopic (exact) mass is 965 g/mol. The number of fused-ring (bicyclic) bond motifs is 1. The molecule has 1 saturated heterocycles. The molecule has 0 aliphatic carbocycles. The Bertz CT molecular complexity index is 2130. The molecule has 0 radical (unpaired) electrons. The Morgan fingerprint density at radius 1 is 1.00 bits per heavy atom. The summed E-state index contributed by atoms with van der Waals surface area (Å²) in [5.74, 6) is -7.01. The lowest BCUT2D eigenvalue weighted by atomic mass is 9.90. The number of Topliss-reactive ketones (excluding diaryl/α,β-unsaturated/α-hetero) is 2. The highest BCUT2D eigenvalue weighted by Crippen LogP contribution is 2.40. The number of rotatable bonds is 24. The van der Waals surface area contributed by atoms with Gasteiger partial charge >= 0.3 is 11.9 Å². The number of likely N-dealkylation sites (N-methyl/N-ethyl adjacent to an activating group) is 1. The van der Waals surface area contributed by atoms with Crippen molar-refractivity contribution in [1.29, 1.82) is 0 Å². The molecule has 2 aliphatic heterocycles. The molecule has 21 nitrogen and oxygen atoms in total. The van der Waals surface area contributed by atoms with Gasteiger partial charge in [0, 0.05) is 63.6 Å². The van der Waals surface area contributed by atoms with Gasteiger partial charge in [0.2, 0.25) is 11.7 Å². The number of hydrogen-bond donors (Lipinski definition) is 3. The summed E-state index contributed by atoms with van der Waals surface area (Å²) < 4.78 is 92.1. The zero-order chi connectivity index (χ0) is 46.7. The standard InChI is InChI=1S/C38H59N7O14S4/c1-9-39-28-21-45(13-10-16-55-8)63(53,54)37-27(28)19-31(60-37)62(51,52)43-35(50)24(3)32(48)23(2)33(49)25(4)58-29(46)11-12-30(47)59-26(20-40-38(5,6)7)22-57-36-34(41-61-42-36)44-14-17-56-18-15-44/h19,23-26,28,39-40H,9-18,20-22H2,1-8H3,(H,43,50)/t23-,24+,25+,26+,28+/m1/s1. The van der Waals surface area contributed by atoms with E-state index in [4.69, 9.17) is 23.7 Å². The van der Waals surface area contributed by atoms with Crippen molar-refractivity contribution in [3.63, 3.8) is 0 Å². The van der Waals surface area contributed by atoms with Crippen molar-refractivity contribution < 1.29 is 64.5 Å². The molecule has 1 amide bonds. The first-order chi connectivity index (χ1) is 29.6. The van der Waals surface area contributed by atoms with Gasteiger partial charge in [0.25, 0.3) is 25.9 Å². The molecule has 63 heavy (non-hydrogen) atoms. The normalized spacial score (nSPS) is 18.7. The van der Waals surface area contributed by atoms with Crippen LogP contribution in [0.4, 0.5) is 5.82 Å². The Balaban J connectivity index is 1.30. The fourth-order valence-corrected chi connectivity index (χ4v) is 11.9. The quantitative estimate of drug-likeness (QED) is 0.0763. The molecule has 3 N–H and O–H groups in total. The van der Waals surface area contributed by atoms with Crippen LogP contribution in [-0.2, 0) is 63.0 Å². The van der Waals surface area contributed by atoms with Gasteiger partial charge in [-0.15, -0.1) is 15.7 Å². The third-order valence-corrected chi connectivity index (χ3v) is 15.8. The summed E-state index contributed by atoms with van der Waals surface area (Å²) in [6.07, 6.45) is -2.68. The highest BCUT2D eigenvalue weighted by molar-refractivity contribution is 7.94. The third kappa shape index (κ3) is 14.4. The van der Waals surface area contributed by atoms with E-state index in [0.717, 1.165) is 18.7 Å². The molecule has 5 atom stereocenters. The Morgan fingerprint density at radius 2 is 1.67 bits per heavy atom. The van der Waals surface area contributed by atoms with E-state index in [-0.39, 0.29) is 41.6 Å². The molecule has 2 aliphatic rings. The van der Waals surface area contributed by atoms with Crippen molar-refractivity contribution in [3.05, 3.63) is 11.6 Å². The molecule has 0 bridgehead atoms. The van der Waals surface area contributed by atoms with Gasteiger partial charge in [-0.2, -0.15) is 8.68 Å². The van der Waals surface area contributed by atoms with Crippen molar-refractivity contribution >= 4 is 78.3 Å². The van der Waals surface area contributed by atoms with Gasteiger partial charge in [-0.1, -0.05) is 6.92 Å². The van der Waals surface area contributed by atoms with Crippen LogP contribution in [0.1, 0.15) is 79.3 Å². The summed E-state index contributed by atoms with van der Waals surface area (Å²) in [6, 6.07) is 0.674. The Hall–Kier alpha value is -3.69. The van der Waals surface area contributed by atoms with Crippen LogP contribution in [0.5, 0.6) is 5.88 Å². The molecule has 354 valence electrons. The molecule has 4 rings (SSSR count). The molecule has 4 heterocycles. The van der Waals surface area contributed by atoms with Crippen molar-refractivity contribution in [2.45, 2.75) is 99.9 Å². The summed E-state index contributed by atoms with van der Waals surface area (Å²) in [5, 5.41) is 6.43. The summed E-state index contributed by atoms with van der Waals surface area (Å²) in [7, 11) is -7.24. The number of thiophene rings is 1. The van der Waals surface area contributed by atoms with Crippen molar-refractivity contribution in [2.75, 3.05) is 77.7 Å². The van der Waals surface area contributed by atoms with Crippen molar-refractivity contribution in [3.8, 4) is 5.88 Å². The van der Waals surface area contributed by atoms with E-state index < -0.39 is 96.6 Å². The van der Waals surface area contributed by atoms with E-state index in [2.05, 4.69) is 19.4 Å². The second-order valence-corrected chi connectivity index (χ2v) is 21.6. The maximum absolute atomic E-state index is 13.5. The third-order valence-electron chi connectivity index (χ3n) is 9.98. The van der Waals surface area contributed by atoms with Gasteiger partial charge in [-0.05, 0) is 60.6 Å². The number of methoxy groups -OCH3 is 1. The zero-order valence-corrected chi connectivity index (χ0v) is 40.1. The van der Waals surface area contributed by atoms with E-state index in [0.29, 0.717) is 68.9 Å². The van der Waals surface area contributed by atoms with Gasteiger partial charge in [-0.3, -0.25) is 24.0 Å². The first kappa shape index (κ1) is 51.9. The highest BCUT2D eigenvalue weighted by Gasteiger charge is 2.41. The number of hydrogen-bond acceptors (Lipinski definition) is 21. The van der Waals surface area contributed by atoms with E-state index >= 15 is 0 Å². The Morgan fingerprint density at radius 3 is 2.30 bits per heavy atom. The largest absolute Gasteiger partial charge is 0.470 e. The number of morpholine rings is 1. The Labute approximate surface area is 376 Å². The van der Waals surface area contributed by atoms with Crippen molar-refractivity contribution in [2.24, 2.45) is 11.8 Å². The van der Waals surface area contributed by atoms with Crippen LogP contribution in [0.2, 0.25) is 0 Å². The van der Waals surface area contributed by atoms with Crippen LogP contribution in [0.3, 0.4) is 0 Å². The molecule has 0 spiro atoms. The summed E-state index contributed by atoms with van der Waals surface area (Å²) in [5.41, 5.74) is -0.0792. The molecule has 2 aromatic heterocycles. The maximum Gasteiger partial charge on any atom is 0.307 e. The molecule has 0 aromatic carbocycles. The van der Waals surface area contributed by atoms with Gasteiger partial charge in [0.05, 0.1) is 49.6 Å². The van der Waals surface area contributed by atoms with Crippen LogP contribution < -0.4 is 25.0 Å². The van der Waals surface area contributed by atoms with Gasteiger partial charge in [0.1, 0.15) is 21.1 Å². The first-order valence-electron chi connectivity index (χ1n) is 20.5. The Kier molecular flexibility index (Phi) is 18.9. The number of amides is 1. The van der Waals surface area contributed by atoms with Crippen LogP contribution in [0.25, 0.3) is 0 Å². The molecule has 1 fully saturated rings. The predicted molar refractivity (Wildman–Crippen MR) is 231 cm³/mol. The van der Waals surface area contributed by atoms with Gasteiger partial charge in [-0.25, -0.2) is 21.6 Å². The summed E-state index contributed by atoms with van der Waals surface area (Å²) in [4.78, 5) is 67.3. The van der Waals surface area contributed by atoms with Crippen LogP contribution in [0, 0.1) is 11.8 Å². The molecule has 25 heteroatoms. The number of anilines is 1. The number of ketones is 2. The lowest BCUT2D eigenvalue weighted by Gasteiger charge is -2.32. The highest BCUT2D eigenvalue weighted by atomic mass is 32.3. The average Bonchev–Trinajstić information content (AvgIpc) is 3.91. The lowest BCUT2D eigenvalue weighted by molar-refractivity contribution is -0.159. The fourth-order valence-electron chi connectivity index (χ4n) is 6.47. The molecular weight excluding hydrogens is 907 g/mol. The lowest BCUT2D eigenvalue weighted by Crippen LogP contribution is -2.44. The number of nitrogens with zero attached hydrogens (tertiary/aromatic N) is 4. The van der Waals surface area contributed by atoms with Gasteiger partial charge < -0.3 is 39.2 Å². The number of ether oxygens (including phenoxy) is 5. The number of esters is 2. The van der Waals surface area contributed by atoms with Crippen LogP contribution in [0.15, 0.2) is 14.5 Å². The number of aromatic nitrogens is 2. The van der Waals surface area contributed by atoms with E-state index in [1.54, 1.807) is 0 Å². The van der Waals surface area contributed by atoms with Crippen LogP contribution in [-0.4, -0.2) is 150 Å². The molecule has 2 aromatic rings. The van der Waals surface area contributed by atoms with Gasteiger partial charge in [0.15, 0.2) is 17.7 Å².